The lowest BCUT2D eigenvalue weighted by Gasteiger charge is -2.18. The largest absolute Gasteiger partial charge is 0.486 e. The van der Waals surface area contributed by atoms with Crippen molar-refractivity contribution in [2.45, 2.75) is 26.4 Å². The lowest BCUT2D eigenvalue weighted by Crippen LogP contribution is -2.42. The van der Waals surface area contributed by atoms with Gasteiger partial charge in [-0.2, -0.15) is 0 Å². The van der Waals surface area contributed by atoms with Gasteiger partial charge >= 0.3 is 0 Å². The lowest BCUT2D eigenvalue weighted by molar-refractivity contribution is 0.214. The minimum absolute atomic E-state index is 0.193. The number of aliphatic imine (C=N–C) groups is 1. The Bertz CT molecular complexity index is 674. The molecule has 0 spiro atoms. The van der Waals surface area contributed by atoms with Gasteiger partial charge in [0, 0.05) is 31.1 Å². The third kappa shape index (κ3) is 5.81. The van der Waals surface area contributed by atoms with Crippen LogP contribution in [0, 0.1) is 12.7 Å². The Hall–Kier alpha value is -2.15. The normalized spacial score (nSPS) is 12.8. The second kappa shape index (κ2) is 9.22. The molecule has 1 heterocycles. The SMILES string of the molecule is CN=C(NCCc1ncc(C)s1)NCC(C)Oc1ccccc1F. The minimum atomic E-state index is -0.356. The molecule has 0 aliphatic heterocycles. The van der Waals surface area contributed by atoms with Crippen molar-refractivity contribution in [3.63, 3.8) is 0 Å². The van der Waals surface area contributed by atoms with Crippen molar-refractivity contribution in [3.8, 4) is 5.75 Å². The van der Waals surface area contributed by atoms with Crippen LogP contribution in [-0.2, 0) is 6.42 Å². The summed E-state index contributed by atoms with van der Waals surface area (Å²) in [5, 5.41) is 7.51. The molecule has 0 fully saturated rings. The molecule has 1 aromatic carbocycles. The number of benzene rings is 1. The van der Waals surface area contributed by atoms with Crippen LogP contribution in [-0.4, -0.2) is 37.2 Å². The first-order valence-corrected chi connectivity index (χ1v) is 8.67. The van der Waals surface area contributed by atoms with E-state index < -0.39 is 0 Å². The zero-order valence-electron chi connectivity index (χ0n) is 14.2. The second-order valence-electron chi connectivity index (χ2n) is 5.35. The number of nitrogens with one attached hydrogen (secondary N) is 2. The summed E-state index contributed by atoms with van der Waals surface area (Å²) < 4.78 is 19.1. The van der Waals surface area contributed by atoms with Crippen LogP contribution in [0.1, 0.15) is 16.8 Å². The summed E-state index contributed by atoms with van der Waals surface area (Å²) in [4.78, 5) is 9.71. The summed E-state index contributed by atoms with van der Waals surface area (Å²) in [5.74, 6) is 0.590. The van der Waals surface area contributed by atoms with Gasteiger partial charge in [0.2, 0.25) is 0 Å². The number of halogens is 1. The van der Waals surface area contributed by atoms with E-state index in [4.69, 9.17) is 4.74 Å². The van der Waals surface area contributed by atoms with Gasteiger partial charge in [0.1, 0.15) is 6.10 Å². The van der Waals surface area contributed by atoms with Crippen molar-refractivity contribution in [1.82, 2.24) is 15.6 Å². The molecule has 1 unspecified atom stereocenters. The van der Waals surface area contributed by atoms with Crippen LogP contribution in [0.2, 0.25) is 0 Å². The van der Waals surface area contributed by atoms with E-state index in [-0.39, 0.29) is 17.7 Å². The molecule has 2 rings (SSSR count). The molecule has 0 aliphatic carbocycles. The first kappa shape index (κ1) is 18.2. The van der Waals surface area contributed by atoms with Crippen LogP contribution < -0.4 is 15.4 Å². The summed E-state index contributed by atoms with van der Waals surface area (Å²) in [6, 6.07) is 6.39. The molecule has 24 heavy (non-hydrogen) atoms. The lowest BCUT2D eigenvalue weighted by atomic mass is 10.3. The third-order valence-corrected chi connectivity index (χ3v) is 4.22. The molecule has 0 saturated carbocycles. The van der Waals surface area contributed by atoms with E-state index in [2.05, 4.69) is 20.6 Å². The van der Waals surface area contributed by atoms with E-state index in [1.165, 1.54) is 10.9 Å². The Morgan fingerprint density at radius 3 is 2.83 bits per heavy atom. The molecule has 7 heteroatoms. The number of ether oxygens (including phenoxy) is 1. The molecular formula is C17H23FN4OS. The first-order chi connectivity index (χ1) is 11.6. The van der Waals surface area contributed by atoms with E-state index >= 15 is 0 Å². The van der Waals surface area contributed by atoms with Crippen molar-refractivity contribution >= 4 is 17.3 Å². The maximum atomic E-state index is 13.6. The van der Waals surface area contributed by atoms with Gasteiger partial charge in [0.05, 0.1) is 11.6 Å². The summed E-state index contributed by atoms with van der Waals surface area (Å²) in [7, 11) is 1.71. The Balaban J connectivity index is 1.71. The number of thiazole rings is 1. The van der Waals surface area contributed by atoms with Crippen molar-refractivity contribution < 1.29 is 9.13 Å². The predicted octanol–water partition coefficient (Wildman–Crippen LogP) is 2.77. The fourth-order valence-corrected chi connectivity index (χ4v) is 2.85. The zero-order valence-corrected chi connectivity index (χ0v) is 15.0. The fourth-order valence-electron chi connectivity index (χ4n) is 2.06. The molecule has 0 saturated heterocycles. The average Bonchev–Trinajstić information content (AvgIpc) is 2.98. The summed E-state index contributed by atoms with van der Waals surface area (Å²) in [6.07, 6.45) is 2.54. The number of rotatable bonds is 7. The highest BCUT2D eigenvalue weighted by atomic mass is 32.1. The molecule has 1 aromatic heterocycles. The number of para-hydroxylation sites is 1. The second-order valence-corrected chi connectivity index (χ2v) is 6.67. The van der Waals surface area contributed by atoms with E-state index in [0.29, 0.717) is 12.5 Å². The number of aryl methyl sites for hydroxylation is 1. The number of aromatic nitrogens is 1. The summed E-state index contributed by atoms with van der Waals surface area (Å²) >= 11 is 1.70. The third-order valence-electron chi connectivity index (χ3n) is 3.25. The predicted molar refractivity (Wildman–Crippen MR) is 96.4 cm³/mol. The molecule has 130 valence electrons. The first-order valence-electron chi connectivity index (χ1n) is 7.85. The van der Waals surface area contributed by atoms with Gasteiger partial charge in [-0.15, -0.1) is 11.3 Å². The molecule has 5 nitrogen and oxygen atoms in total. The molecule has 2 N–H and O–H groups in total. The zero-order chi connectivity index (χ0) is 17.4. The standard InChI is InChI=1S/C17H23FN4OS/c1-12(23-15-7-5-4-6-14(15)18)10-22-17(19-3)20-9-8-16-21-11-13(2)24-16/h4-7,11-12H,8-10H2,1-3H3,(H2,19,20,22). The van der Waals surface area contributed by atoms with Crippen molar-refractivity contribution in [2.75, 3.05) is 20.1 Å². The van der Waals surface area contributed by atoms with Gasteiger partial charge in [-0.3, -0.25) is 4.99 Å². The smallest absolute Gasteiger partial charge is 0.191 e. The van der Waals surface area contributed by atoms with Crippen molar-refractivity contribution in [3.05, 3.63) is 46.2 Å². The Morgan fingerprint density at radius 2 is 2.17 bits per heavy atom. The van der Waals surface area contributed by atoms with Crippen LogP contribution in [0.25, 0.3) is 0 Å². The molecule has 0 aliphatic rings. The van der Waals surface area contributed by atoms with E-state index in [9.17, 15) is 4.39 Å². The quantitative estimate of drug-likeness (QED) is 0.595. The Kier molecular flexibility index (Phi) is 6.99. The van der Waals surface area contributed by atoms with Gasteiger partial charge in [-0.25, -0.2) is 9.37 Å². The van der Waals surface area contributed by atoms with E-state index in [0.717, 1.165) is 18.0 Å². The van der Waals surface area contributed by atoms with Gasteiger partial charge in [-0.1, -0.05) is 12.1 Å². The Labute approximate surface area is 146 Å². The van der Waals surface area contributed by atoms with Crippen LogP contribution in [0.5, 0.6) is 5.75 Å². The molecule has 1 atom stereocenters. The highest BCUT2D eigenvalue weighted by Crippen LogP contribution is 2.16. The van der Waals surface area contributed by atoms with Crippen LogP contribution >= 0.6 is 11.3 Å². The molecular weight excluding hydrogens is 327 g/mol. The van der Waals surface area contributed by atoms with Gasteiger partial charge in [0.15, 0.2) is 17.5 Å². The van der Waals surface area contributed by atoms with Crippen LogP contribution in [0.4, 0.5) is 4.39 Å². The van der Waals surface area contributed by atoms with Crippen molar-refractivity contribution in [2.24, 2.45) is 4.99 Å². The number of guanidine groups is 1. The highest BCUT2D eigenvalue weighted by Gasteiger charge is 2.09. The molecule has 0 radical (unpaired) electrons. The number of nitrogens with zero attached hydrogens (tertiary/aromatic N) is 2. The van der Waals surface area contributed by atoms with Crippen LogP contribution in [0.3, 0.4) is 0 Å². The summed E-state index contributed by atoms with van der Waals surface area (Å²) in [5.41, 5.74) is 0. The van der Waals surface area contributed by atoms with Crippen LogP contribution in [0.15, 0.2) is 35.5 Å². The molecule has 2 aromatic rings. The van der Waals surface area contributed by atoms with E-state index in [1.54, 1.807) is 36.6 Å². The number of hydrogen-bond acceptors (Lipinski definition) is 4. The average molecular weight is 350 g/mol. The van der Waals surface area contributed by atoms with E-state index in [1.807, 2.05) is 20.0 Å². The number of hydrogen-bond donors (Lipinski definition) is 2. The van der Waals surface area contributed by atoms with Gasteiger partial charge in [-0.05, 0) is 26.0 Å². The van der Waals surface area contributed by atoms with Gasteiger partial charge in [0.25, 0.3) is 0 Å². The minimum Gasteiger partial charge on any atom is -0.486 e. The Morgan fingerprint density at radius 1 is 1.38 bits per heavy atom. The molecule has 0 bridgehead atoms. The topological polar surface area (TPSA) is 58.5 Å². The van der Waals surface area contributed by atoms with Gasteiger partial charge < -0.3 is 15.4 Å². The highest BCUT2D eigenvalue weighted by molar-refractivity contribution is 7.11. The summed E-state index contributed by atoms with van der Waals surface area (Å²) in [6.45, 7) is 5.19. The van der Waals surface area contributed by atoms with Crippen molar-refractivity contribution in [1.29, 1.82) is 0 Å². The maximum absolute atomic E-state index is 13.6. The fraction of sp³-hybridized carbons (Fsp3) is 0.412. The maximum Gasteiger partial charge on any atom is 0.191 e. The monoisotopic (exact) mass is 350 g/mol. The molecule has 0 amide bonds.